The Morgan fingerprint density at radius 2 is 1.38 bits per heavy atom. The van der Waals surface area contributed by atoms with Crippen molar-refractivity contribution in [1.29, 1.82) is 0 Å². The summed E-state index contributed by atoms with van der Waals surface area (Å²) in [5.74, 6) is -0.166. The number of hydrogen-bond donors (Lipinski definition) is 0. The smallest absolute Gasteiger partial charge is 0.197 e. The lowest BCUT2D eigenvalue weighted by Gasteiger charge is -2.14. The number of halogens is 1. The number of ketones is 2. The van der Waals surface area contributed by atoms with Crippen LogP contribution in [0.4, 0.5) is 4.39 Å². The Hall–Kier alpha value is -5.10. The highest BCUT2D eigenvalue weighted by atomic mass is 19.1. The maximum absolute atomic E-state index is 13.6. The van der Waals surface area contributed by atoms with Crippen molar-refractivity contribution < 1.29 is 14.0 Å². The van der Waals surface area contributed by atoms with Crippen LogP contribution in [0, 0.1) is 19.7 Å². The lowest BCUT2D eigenvalue weighted by Crippen LogP contribution is -2.05. The average Bonchev–Trinajstić information content (AvgIpc) is 3.53. The van der Waals surface area contributed by atoms with E-state index in [9.17, 15) is 14.0 Å². The monoisotopic (exact) mass is 525 g/mol. The number of para-hydroxylation sites is 1. The number of allylic oxidation sites excluding steroid dienone is 1. The standard InChI is InChI=1S/C34H24FN3O2/c1-19-7-6-8-20(2)30(19)38-25(18-29-34(38)36-33(37(29)3)21-11-13-24(35)14-12-21)17-28-31(39)26-15-22-9-4-5-10-23(22)16-27(26)32(28)40/h4-18H,1-3H3. The van der Waals surface area contributed by atoms with Crippen LogP contribution in [0.25, 0.3) is 45.1 Å². The third-order valence-corrected chi connectivity index (χ3v) is 7.80. The van der Waals surface area contributed by atoms with E-state index in [0.29, 0.717) is 28.3 Å². The molecule has 0 saturated heterocycles. The summed E-state index contributed by atoms with van der Waals surface area (Å²) in [5.41, 5.74) is 7.00. The van der Waals surface area contributed by atoms with Crippen molar-refractivity contribution in [3.05, 3.63) is 124 Å². The summed E-state index contributed by atoms with van der Waals surface area (Å²) in [7, 11) is 1.91. The minimum atomic E-state index is -0.309. The number of imidazole rings is 1. The summed E-state index contributed by atoms with van der Waals surface area (Å²) >= 11 is 0. The van der Waals surface area contributed by atoms with Gasteiger partial charge in [0.25, 0.3) is 0 Å². The summed E-state index contributed by atoms with van der Waals surface area (Å²) in [6.07, 6.45) is 1.69. The molecular formula is C34H24FN3O2. The predicted octanol–water partition coefficient (Wildman–Crippen LogP) is 7.40. The van der Waals surface area contributed by atoms with Crippen molar-refractivity contribution in [3.63, 3.8) is 0 Å². The molecular weight excluding hydrogens is 501 g/mol. The molecule has 0 bridgehead atoms. The maximum Gasteiger partial charge on any atom is 0.197 e. The first kappa shape index (κ1) is 24.0. The highest BCUT2D eigenvalue weighted by molar-refractivity contribution is 6.42. The molecule has 1 aliphatic rings. The van der Waals surface area contributed by atoms with Crippen molar-refractivity contribution >= 4 is 39.6 Å². The van der Waals surface area contributed by atoms with E-state index >= 15 is 0 Å². The number of carbonyl (C=O) groups is 2. The van der Waals surface area contributed by atoms with E-state index in [2.05, 4.69) is 0 Å². The fraction of sp³-hybridized carbons (Fsp3) is 0.0882. The first-order valence-corrected chi connectivity index (χ1v) is 13.1. The van der Waals surface area contributed by atoms with Gasteiger partial charge in [-0.2, -0.15) is 0 Å². The molecule has 0 amide bonds. The van der Waals surface area contributed by atoms with Gasteiger partial charge in [0, 0.05) is 23.7 Å². The van der Waals surface area contributed by atoms with Crippen LogP contribution in [-0.4, -0.2) is 25.7 Å². The molecule has 0 unspecified atom stereocenters. The molecule has 0 saturated carbocycles. The van der Waals surface area contributed by atoms with Crippen molar-refractivity contribution in [3.8, 4) is 17.1 Å². The molecule has 0 atom stereocenters. The van der Waals surface area contributed by atoms with E-state index < -0.39 is 0 Å². The molecule has 40 heavy (non-hydrogen) atoms. The summed E-state index contributed by atoms with van der Waals surface area (Å²) in [5, 5.41) is 1.84. The second-order valence-electron chi connectivity index (χ2n) is 10.3. The molecule has 0 spiro atoms. The minimum Gasteiger partial charge on any atom is -0.326 e. The van der Waals surface area contributed by atoms with Gasteiger partial charge in [0.15, 0.2) is 17.2 Å². The first-order valence-electron chi connectivity index (χ1n) is 13.1. The topological polar surface area (TPSA) is 56.9 Å². The molecule has 6 heteroatoms. The number of hydrogen-bond acceptors (Lipinski definition) is 3. The Labute approximate surface area is 229 Å². The molecule has 0 fully saturated rings. The summed E-state index contributed by atoms with van der Waals surface area (Å²) in [6.45, 7) is 4.06. The van der Waals surface area contributed by atoms with Crippen molar-refractivity contribution in [2.24, 2.45) is 7.05 Å². The van der Waals surface area contributed by atoms with E-state index in [-0.39, 0.29) is 23.0 Å². The van der Waals surface area contributed by atoms with Crippen LogP contribution < -0.4 is 0 Å². The van der Waals surface area contributed by atoms with Gasteiger partial charge in [-0.3, -0.25) is 14.2 Å². The van der Waals surface area contributed by atoms with E-state index in [4.69, 9.17) is 4.98 Å². The normalized spacial score (nSPS) is 13.1. The third-order valence-electron chi connectivity index (χ3n) is 7.80. The number of aryl methyl sites for hydroxylation is 3. The number of nitrogens with zero attached hydrogens (tertiary/aromatic N) is 3. The van der Waals surface area contributed by atoms with E-state index in [1.54, 1.807) is 18.2 Å². The van der Waals surface area contributed by atoms with Crippen LogP contribution in [0.2, 0.25) is 0 Å². The van der Waals surface area contributed by atoms with Gasteiger partial charge in [-0.05, 0) is 84.3 Å². The number of aromatic nitrogens is 3. The Kier molecular flexibility index (Phi) is 5.22. The Morgan fingerprint density at radius 3 is 1.98 bits per heavy atom. The van der Waals surface area contributed by atoms with Gasteiger partial charge in [-0.15, -0.1) is 0 Å². The second kappa shape index (κ2) is 8.71. The second-order valence-corrected chi connectivity index (χ2v) is 10.3. The molecule has 194 valence electrons. The maximum atomic E-state index is 13.6. The van der Waals surface area contributed by atoms with Gasteiger partial charge in [-0.1, -0.05) is 42.5 Å². The molecule has 1 aliphatic carbocycles. The number of carbonyl (C=O) groups excluding carboxylic acids is 2. The van der Waals surface area contributed by atoms with Crippen LogP contribution in [-0.2, 0) is 7.05 Å². The van der Waals surface area contributed by atoms with Crippen molar-refractivity contribution in [2.75, 3.05) is 0 Å². The number of benzene rings is 4. The van der Waals surface area contributed by atoms with E-state index in [0.717, 1.165) is 38.7 Å². The Morgan fingerprint density at radius 1 is 0.775 bits per heavy atom. The molecule has 4 aromatic carbocycles. The fourth-order valence-electron chi connectivity index (χ4n) is 5.79. The molecule has 6 aromatic rings. The van der Waals surface area contributed by atoms with Crippen LogP contribution >= 0.6 is 0 Å². The van der Waals surface area contributed by atoms with Gasteiger partial charge < -0.3 is 4.57 Å². The number of fused-ring (bicyclic) bond motifs is 3. The summed E-state index contributed by atoms with van der Waals surface area (Å²) in [6, 6.07) is 25.6. The third kappa shape index (κ3) is 3.49. The SMILES string of the molecule is Cc1cccc(C)c1-n1c(C=C2C(=O)c3cc4ccccc4cc3C2=O)cc2c1nc(-c1ccc(F)cc1)n2C. The number of Topliss-reactive ketones (excluding diaryl/α,β-unsaturated/α-hetero) is 2. The predicted molar refractivity (Wildman–Crippen MR) is 155 cm³/mol. The van der Waals surface area contributed by atoms with Crippen LogP contribution in [0.3, 0.4) is 0 Å². The fourth-order valence-corrected chi connectivity index (χ4v) is 5.79. The van der Waals surface area contributed by atoms with E-state index in [1.807, 2.05) is 90.7 Å². The Balaban J connectivity index is 1.46. The average molecular weight is 526 g/mol. The summed E-state index contributed by atoms with van der Waals surface area (Å²) < 4.78 is 17.6. The Bertz CT molecular complexity index is 2000. The van der Waals surface area contributed by atoms with Gasteiger partial charge >= 0.3 is 0 Å². The molecule has 5 nitrogen and oxygen atoms in total. The molecule has 2 heterocycles. The highest BCUT2D eigenvalue weighted by Crippen LogP contribution is 2.35. The van der Waals surface area contributed by atoms with Gasteiger partial charge in [-0.25, -0.2) is 9.37 Å². The van der Waals surface area contributed by atoms with Crippen LogP contribution in [0.5, 0.6) is 0 Å². The quantitative estimate of drug-likeness (QED) is 0.179. The molecule has 0 N–H and O–H groups in total. The number of rotatable bonds is 3. The molecule has 0 radical (unpaired) electrons. The van der Waals surface area contributed by atoms with Gasteiger partial charge in [0.2, 0.25) is 0 Å². The van der Waals surface area contributed by atoms with Crippen molar-refractivity contribution in [2.45, 2.75) is 13.8 Å². The largest absolute Gasteiger partial charge is 0.326 e. The van der Waals surface area contributed by atoms with Gasteiger partial charge in [0.05, 0.1) is 22.5 Å². The lowest BCUT2D eigenvalue weighted by molar-refractivity contribution is 0.0990. The van der Waals surface area contributed by atoms with Crippen molar-refractivity contribution in [1.82, 2.24) is 14.1 Å². The minimum absolute atomic E-state index is 0.138. The van der Waals surface area contributed by atoms with E-state index in [1.165, 1.54) is 12.1 Å². The zero-order valence-electron chi connectivity index (χ0n) is 22.2. The zero-order chi connectivity index (χ0) is 27.7. The molecule has 0 aliphatic heterocycles. The lowest BCUT2D eigenvalue weighted by atomic mass is 10.0. The first-order chi connectivity index (χ1) is 19.3. The van der Waals surface area contributed by atoms with Crippen LogP contribution in [0.15, 0.2) is 90.5 Å². The summed E-state index contributed by atoms with van der Waals surface area (Å²) in [4.78, 5) is 32.1. The zero-order valence-corrected chi connectivity index (χ0v) is 22.2. The molecule has 7 rings (SSSR count). The molecule has 2 aromatic heterocycles. The highest BCUT2D eigenvalue weighted by Gasteiger charge is 2.34. The van der Waals surface area contributed by atoms with Gasteiger partial charge in [0.1, 0.15) is 11.6 Å². The van der Waals surface area contributed by atoms with Crippen LogP contribution in [0.1, 0.15) is 37.5 Å².